The normalized spacial score (nSPS) is 26.6. The number of piperidine rings is 1. The van der Waals surface area contributed by atoms with Crippen LogP contribution in [0.15, 0.2) is 12.1 Å². The summed E-state index contributed by atoms with van der Waals surface area (Å²) in [7, 11) is 1.84. The number of rotatable bonds is 4. The lowest BCUT2D eigenvalue weighted by Crippen LogP contribution is -2.54. The molecule has 1 saturated carbocycles. The topological polar surface area (TPSA) is 86.8 Å². The van der Waals surface area contributed by atoms with E-state index in [-0.39, 0.29) is 30.0 Å². The van der Waals surface area contributed by atoms with Gasteiger partial charge in [-0.15, -0.1) is 0 Å². The second-order valence-electron chi connectivity index (χ2n) is 8.43. The first-order valence-corrected chi connectivity index (χ1v) is 10.6. The SMILES string of the molecule is CC[C@H]1CCCC[C@@H]1N(C)c1cc2c(cc1F)C(=O)N(C1CCC(=O)NC1=O)C2=O. The smallest absolute Gasteiger partial charge is 0.262 e. The Labute approximate surface area is 174 Å². The van der Waals surface area contributed by atoms with Gasteiger partial charge in [0.25, 0.3) is 11.8 Å². The highest BCUT2D eigenvalue weighted by molar-refractivity contribution is 6.23. The van der Waals surface area contributed by atoms with Crippen LogP contribution in [0.1, 0.15) is 72.6 Å². The van der Waals surface area contributed by atoms with E-state index in [4.69, 9.17) is 0 Å². The number of imide groups is 2. The highest BCUT2D eigenvalue weighted by atomic mass is 19.1. The van der Waals surface area contributed by atoms with Crippen molar-refractivity contribution in [3.8, 4) is 0 Å². The van der Waals surface area contributed by atoms with Gasteiger partial charge in [-0.1, -0.05) is 26.2 Å². The molecule has 1 N–H and O–H groups in total. The third-order valence-electron chi connectivity index (χ3n) is 6.78. The second-order valence-corrected chi connectivity index (χ2v) is 8.43. The van der Waals surface area contributed by atoms with E-state index < -0.39 is 35.5 Å². The summed E-state index contributed by atoms with van der Waals surface area (Å²) >= 11 is 0. The molecule has 7 nitrogen and oxygen atoms in total. The maximum atomic E-state index is 15.0. The van der Waals surface area contributed by atoms with Crippen LogP contribution in [0.25, 0.3) is 0 Å². The minimum Gasteiger partial charge on any atom is -0.369 e. The standard InChI is InChI=1S/C22H26FN3O4/c1-3-12-6-4-5-7-16(12)25(2)18-11-14-13(10-15(18)23)21(29)26(22(14)30)17-8-9-19(27)24-20(17)28/h10-12,16-17H,3-9H2,1-2H3,(H,24,27,28)/t12-,16-,17?/m0/s1. The van der Waals surface area contributed by atoms with Crippen molar-refractivity contribution in [2.45, 2.75) is 64.0 Å². The van der Waals surface area contributed by atoms with Crippen molar-refractivity contribution in [1.82, 2.24) is 10.2 Å². The lowest BCUT2D eigenvalue weighted by Gasteiger charge is -2.39. The molecule has 1 aliphatic carbocycles. The van der Waals surface area contributed by atoms with Crippen LogP contribution in [0.3, 0.4) is 0 Å². The van der Waals surface area contributed by atoms with Gasteiger partial charge in [0, 0.05) is 19.5 Å². The Hall–Kier alpha value is -2.77. The Morgan fingerprint density at radius 3 is 2.40 bits per heavy atom. The average molecular weight is 415 g/mol. The van der Waals surface area contributed by atoms with Gasteiger partial charge < -0.3 is 4.90 Å². The first kappa shape index (κ1) is 20.5. The van der Waals surface area contributed by atoms with E-state index in [1.54, 1.807) is 0 Å². The molecule has 0 radical (unpaired) electrons. The Morgan fingerprint density at radius 2 is 1.73 bits per heavy atom. The minimum atomic E-state index is -1.05. The molecule has 160 valence electrons. The molecule has 0 aromatic heterocycles. The fourth-order valence-electron chi connectivity index (χ4n) is 5.10. The third-order valence-corrected chi connectivity index (χ3v) is 6.78. The van der Waals surface area contributed by atoms with Crippen LogP contribution in [-0.4, -0.2) is 47.7 Å². The molecule has 1 aromatic carbocycles. The summed E-state index contributed by atoms with van der Waals surface area (Å²) in [5.41, 5.74) is 0.372. The number of anilines is 1. The molecule has 8 heteroatoms. The molecule has 3 aliphatic rings. The van der Waals surface area contributed by atoms with Crippen LogP contribution >= 0.6 is 0 Å². The summed E-state index contributed by atoms with van der Waals surface area (Å²) < 4.78 is 15.0. The molecular formula is C22H26FN3O4. The van der Waals surface area contributed by atoms with Crippen LogP contribution < -0.4 is 10.2 Å². The maximum absolute atomic E-state index is 15.0. The van der Waals surface area contributed by atoms with Crippen molar-refractivity contribution in [3.05, 3.63) is 29.1 Å². The van der Waals surface area contributed by atoms with Gasteiger partial charge in [-0.3, -0.25) is 29.4 Å². The van der Waals surface area contributed by atoms with Gasteiger partial charge in [-0.05, 0) is 37.3 Å². The predicted octanol–water partition coefficient (Wildman–Crippen LogP) is 2.63. The fourth-order valence-corrected chi connectivity index (χ4v) is 5.10. The number of carbonyl (C=O) groups is 4. The molecule has 1 aromatic rings. The number of benzene rings is 1. The first-order valence-electron chi connectivity index (χ1n) is 10.6. The summed E-state index contributed by atoms with van der Waals surface area (Å²) in [4.78, 5) is 52.2. The van der Waals surface area contributed by atoms with Gasteiger partial charge in [0.1, 0.15) is 11.9 Å². The van der Waals surface area contributed by atoms with Crippen molar-refractivity contribution in [1.29, 1.82) is 0 Å². The highest BCUT2D eigenvalue weighted by Gasteiger charge is 2.45. The monoisotopic (exact) mass is 415 g/mol. The number of amides is 4. The van der Waals surface area contributed by atoms with E-state index in [0.717, 1.165) is 36.6 Å². The number of fused-ring (bicyclic) bond motifs is 1. The Bertz CT molecular complexity index is 931. The van der Waals surface area contributed by atoms with Crippen LogP contribution in [0.4, 0.5) is 10.1 Å². The summed E-state index contributed by atoms with van der Waals surface area (Å²) in [5, 5.41) is 2.16. The fraction of sp³-hybridized carbons (Fsp3) is 0.545. The lowest BCUT2D eigenvalue weighted by molar-refractivity contribution is -0.136. The van der Waals surface area contributed by atoms with Crippen LogP contribution in [0.2, 0.25) is 0 Å². The highest BCUT2D eigenvalue weighted by Crippen LogP contribution is 2.37. The molecule has 0 spiro atoms. The summed E-state index contributed by atoms with van der Waals surface area (Å²) in [6, 6.07) is 1.67. The summed E-state index contributed by atoms with van der Waals surface area (Å²) in [6.07, 6.45) is 5.43. The van der Waals surface area contributed by atoms with Gasteiger partial charge in [0.2, 0.25) is 11.8 Å². The zero-order valence-corrected chi connectivity index (χ0v) is 17.2. The van der Waals surface area contributed by atoms with Gasteiger partial charge in [-0.2, -0.15) is 0 Å². The van der Waals surface area contributed by atoms with Crippen LogP contribution in [-0.2, 0) is 9.59 Å². The molecule has 4 rings (SSSR count). The van der Waals surface area contributed by atoms with Crippen molar-refractivity contribution >= 4 is 29.3 Å². The molecule has 3 atom stereocenters. The minimum absolute atomic E-state index is 0.0324. The summed E-state index contributed by atoms with van der Waals surface area (Å²) in [5.74, 6) is -2.51. The number of hydrogen-bond donors (Lipinski definition) is 1. The van der Waals surface area contributed by atoms with E-state index in [9.17, 15) is 19.2 Å². The lowest BCUT2D eigenvalue weighted by atomic mass is 9.82. The largest absolute Gasteiger partial charge is 0.369 e. The van der Waals surface area contributed by atoms with Gasteiger partial charge >= 0.3 is 0 Å². The molecule has 2 aliphatic heterocycles. The Balaban J connectivity index is 1.65. The van der Waals surface area contributed by atoms with Crippen LogP contribution in [0.5, 0.6) is 0 Å². The molecule has 30 heavy (non-hydrogen) atoms. The molecule has 1 saturated heterocycles. The van der Waals surface area contributed by atoms with E-state index in [2.05, 4.69) is 12.2 Å². The summed E-state index contributed by atoms with van der Waals surface area (Å²) in [6.45, 7) is 2.13. The second kappa shape index (κ2) is 7.81. The maximum Gasteiger partial charge on any atom is 0.262 e. The molecule has 1 unspecified atom stereocenters. The van der Waals surface area contributed by atoms with Gasteiger partial charge in [0.15, 0.2) is 0 Å². The van der Waals surface area contributed by atoms with Crippen molar-refractivity contribution in [3.63, 3.8) is 0 Å². The molecule has 4 amide bonds. The predicted molar refractivity (Wildman–Crippen MR) is 108 cm³/mol. The number of hydrogen-bond acceptors (Lipinski definition) is 5. The molecule has 2 fully saturated rings. The molecular weight excluding hydrogens is 389 g/mol. The third kappa shape index (κ3) is 3.28. The first-order chi connectivity index (χ1) is 14.3. The Morgan fingerprint density at radius 1 is 1.07 bits per heavy atom. The van der Waals surface area contributed by atoms with Gasteiger partial charge in [0.05, 0.1) is 16.8 Å². The Kier molecular flexibility index (Phi) is 5.34. The van der Waals surface area contributed by atoms with E-state index in [1.165, 1.54) is 12.5 Å². The number of halogens is 1. The molecule has 2 heterocycles. The van der Waals surface area contributed by atoms with Crippen molar-refractivity contribution < 1.29 is 23.6 Å². The zero-order chi connectivity index (χ0) is 21.6. The zero-order valence-electron chi connectivity index (χ0n) is 17.2. The molecule has 0 bridgehead atoms. The van der Waals surface area contributed by atoms with Gasteiger partial charge in [-0.25, -0.2) is 4.39 Å². The van der Waals surface area contributed by atoms with Crippen LogP contribution in [0, 0.1) is 11.7 Å². The number of nitrogens with zero attached hydrogens (tertiary/aromatic N) is 2. The van der Waals surface area contributed by atoms with E-state index in [1.807, 2.05) is 11.9 Å². The van der Waals surface area contributed by atoms with E-state index in [0.29, 0.717) is 11.6 Å². The quantitative estimate of drug-likeness (QED) is 0.764. The van der Waals surface area contributed by atoms with Crippen molar-refractivity contribution in [2.24, 2.45) is 5.92 Å². The van der Waals surface area contributed by atoms with Crippen molar-refractivity contribution in [2.75, 3.05) is 11.9 Å². The average Bonchev–Trinajstić information content (AvgIpc) is 2.96. The number of nitrogens with one attached hydrogen (secondary N) is 1. The van der Waals surface area contributed by atoms with E-state index >= 15 is 4.39 Å². The number of carbonyl (C=O) groups excluding carboxylic acids is 4.